The van der Waals surface area contributed by atoms with Gasteiger partial charge in [0.15, 0.2) is 0 Å². The summed E-state index contributed by atoms with van der Waals surface area (Å²) in [6.45, 7) is 0.610. The normalized spacial score (nSPS) is 11.2. The number of nitrogens with zero attached hydrogens (tertiary/aromatic N) is 2. The van der Waals surface area contributed by atoms with E-state index in [9.17, 15) is 4.79 Å². The second-order valence-corrected chi connectivity index (χ2v) is 5.96. The molecule has 0 spiro atoms. The number of aryl methyl sites for hydroxylation is 1. The van der Waals surface area contributed by atoms with Gasteiger partial charge in [0.2, 0.25) is 0 Å². The number of benzene rings is 1. The van der Waals surface area contributed by atoms with E-state index in [0.717, 1.165) is 20.4 Å². The van der Waals surface area contributed by atoms with Crippen molar-refractivity contribution < 1.29 is 0 Å². The molecule has 0 aliphatic carbocycles. The van der Waals surface area contributed by atoms with Gasteiger partial charge in [-0.3, -0.25) is 9.13 Å². The van der Waals surface area contributed by atoms with Gasteiger partial charge in [-0.15, -0.1) is 11.3 Å². The zero-order chi connectivity index (χ0) is 12.7. The fraction of sp³-hybridized carbons (Fsp3) is 0.154. The molecule has 0 fully saturated rings. The highest BCUT2D eigenvalue weighted by molar-refractivity contribution is 9.10. The highest BCUT2D eigenvalue weighted by Gasteiger charge is 2.11. The van der Waals surface area contributed by atoms with Crippen LogP contribution in [0.4, 0.5) is 0 Å². The van der Waals surface area contributed by atoms with Crippen LogP contribution in [-0.2, 0) is 13.6 Å². The fourth-order valence-electron chi connectivity index (χ4n) is 2.10. The lowest BCUT2D eigenvalue weighted by atomic mass is 10.3. The molecule has 0 N–H and O–H groups in total. The first-order valence-corrected chi connectivity index (χ1v) is 7.22. The maximum absolute atomic E-state index is 12.2. The average molecular weight is 323 g/mol. The van der Waals surface area contributed by atoms with E-state index < -0.39 is 0 Å². The predicted octanol–water partition coefficient (Wildman–Crippen LogP) is 3.21. The molecule has 3 aromatic rings. The Morgan fingerprint density at radius 1 is 1.22 bits per heavy atom. The summed E-state index contributed by atoms with van der Waals surface area (Å²) in [7, 11) is 1.81. The zero-order valence-corrected chi connectivity index (χ0v) is 12.2. The Morgan fingerprint density at radius 2 is 1.94 bits per heavy atom. The smallest absolute Gasteiger partial charge is 0.295 e. The largest absolute Gasteiger partial charge is 0.329 e. The van der Waals surface area contributed by atoms with Crippen molar-refractivity contribution in [2.45, 2.75) is 6.54 Å². The Balaban J connectivity index is 2.21. The van der Waals surface area contributed by atoms with Gasteiger partial charge in [0, 0.05) is 16.4 Å². The van der Waals surface area contributed by atoms with Crippen molar-refractivity contribution in [1.82, 2.24) is 9.13 Å². The van der Waals surface area contributed by atoms with E-state index in [1.165, 1.54) is 0 Å². The van der Waals surface area contributed by atoms with Crippen LogP contribution >= 0.6 is 27.3 Å². The maximum Gasteiger partial charge on any atom is 0.329 e. The van der Waals surface area contributed by atoms with Crippen molar-refractivity contribution >= 4 is 38.3 Å². The van der Waals surface area contributed by atoms with Gasteiger partial charge in [0.1, 0.15) is 0 Å². The van der Waals surface area contributed by atoms with Crippen molar-refractivity contribution in [3.05, 3.63) is 55.5 Å². The molecule has 0 radical (unpaired) electrons. The molecule has 0 atom stereocenters. The minimum atomic E-state index is 0.0245. The molecule has 3 rings (SSSR count). The van der Waals surface area contributed by atoms with E-state index in [1.807, 2.05) is 47.3 Å². The highest BCUT2D eigenvalue weighted by atomic mass is 79.9. The third-order valence-electron chi connectivity index (χ3n) is 3.04. The van der Waals surface area contributed by atoms with Gasteiger partial charge in [-0.2, -0.15) is 0 Å². The molecule has 2 heterocycles. The Kier molecular flexibility index (Phi) is 2.87. The Morgan fingerprint density at radius 3 is 2.61 bits per heavy atom. The molecule has 0 amide bonds. The number of rotatable bonds is 2. The summed E-state index contributed by atoms with van der Waals surface area (Å²) in [5.41, 5.74) is 1.97. The molecule has 0 aliphatic rings. The summed E-state index contributed by atoms with van der Waals surface area (Å²) in [6.07, 6.45) is 0. The van der Waals surface area contributed by atoms with Crippen LogP contribution < -0.4 is 5.69 Å². The molecule has 18 heavy (non-hydrogen) atoms. The van der Waals surface area contributed by atoms with Crippen LogP contribution in [-0.4, -0.2) is 9.13 Å². The van der Waals surface area contributed by atoms with E-state index >= 15 is 0 Å². The van der Waals surface area contributed by atoms with E-state index in [2.05, 4.69) is 15.9 Å². The van der Waals surface area contributed by atoms with Crippen molar-refractivity contribution in [2.75, 3.05) is 0 Å². The van der Waals surface area contributed by atoms with Crippen LogP contribution in [0.15, 0.2) is 45.0 Å². The molecule has 5 heteroatoms. The highest BCUT2D eigenvalue weighted by Crippen LogP contribution is 2.24. The summed E-state index contributed by atoms with van der Waals surface area (Å²) >= 11 is 5.16. The van der Waals surface area contributed by atoms with E-state index in [0.29, 0.717) is 6.54 Å². The number of hydrogen-bond acceptors (Lipinski definition) is 2. The minimum Gasteiger partial charge on any atom is -0.295 e. The molecular weight excluding hydrogens is 312 g/mol. The lowest BCUT2D eigenvalue weighted by Crippen LogP contribution is -2.22. The number of para-hydroxylation sites is 2. The number of fused-ring (bicyclic) bond motifs is 1. The van der Waals surface area contributed by atoms with Crippen LogP contribution in [0.2, 0.25) is 0 Å². The topological polar surface area (TPSA) is 26.9 Å². The standard InChI is InChI=1S/C13H11BrN2OS/c1-15-10-4-2-3-5-11(10)16(13(15)17)8-12-9(14)6-7-18-12/h2-7H,8H2,1H3. The zero-order valence-electron chi connectivity index (χ0n) is 9.76. The van der Waals surface area contributed by atoms with E-state index in [1.54, 1.807) is 15.9 Å². The van der Waals surface area contributed by atoms with Crippen LogP contribution in [0.1, 0.15) is 4.88 Å². The maximum atomic E-state index is 12.2. The lowest BCUT2D eigenvalue weighted by Gasteiger charge is -2.01. The molecule has 3 nitrogen and oxygen atoms in total. The summed E-state index contributed by atoms with van der Waals surface area (Å²) in [6, 6.07) is 9.88. The van der Waals surface area contributed by atoms with Gasteiger partial charge >= 0.3 is 5.69 Å². The van der Waals surface area contributed by atoms with Gasteiger partial charge in [0.05, 0.1) is 17.6 Å². The Hall–Kier alpha value is -1.33. The number of thiophene rings is 1. The van der Waals surface area contributed by atoms with Crippen molar-refractivity contribution in [3.8, 4) is 0 Å². The van der Waals surface area contributed by atoms with Crippen molar-refractivity contribution in [3.63, 3.8) is 0 Å². The summed E-state index contributed by atoms with van der Waals surface area (Å²) in [5, 5.41) is 2.02. The first kappa shape index (κ1) is 11.7. The van der Waals surface area contributed by atoms with Gasteiger partial charge in [-0.1, -0.05) is 12.1 Å². The van der Waals surface area contributed by atoms with E-state index in [-0.39, 0.29) is 5.69 Å². The molecule has 0 saturated heterocycles. The quantitative estimate of drug-likeness (QED) is 0.711. The van der Waals surface area contributed by atoms with Gasteiger partial charge in [-0.05, 0) is 39.5 Å². The molecule has 0 aliphatic heterocycles. The predicted molar refractivity (Wildman–Crippen MR) is 78.3 cm³/mol. The van der Waals surface area contributed by atoms with Crippen LogP contribution in [0.3, 0.4) is 0 Å². The third kappa shape index (κ3) is 1.74. The molecular formula is C13H11BrN2OS. The monoisotopic (exact) mass is 322 g/mol. The number of aromatic nitrogens is 2. The molecule has 0 saturated carbocycles. The first-order chi connectivity index (χ1) is 8.68. The summed E-state index contributed by atoms with van der Waals surface area (Å²) < 4.78 is 4.57. The van der Waals surface area contributed by atoms with Crippen molar-refractivity contribution in [2.24, 2.45) is 7.05 Å². The van der Waals surface area contributed by atoms with Gasteiger partial charge in [-0.25, -0.2) is 4.79 Å². The average Bonchev–Trinajstić information content (AvgIpc) is 2.88. The lowest BCUT2D eigenvalue weighted by molar-refractivity contribution is 0.742. The Labute approximate surface area is 116 Å². The number of imidazole rings is 1. The van der Waals surface area contributed by atoms with Crippen LogP contribution in [0.25, 0.3) is 11.0 Å². The van der Waals surface area contributed by atoms with Gasteiger partial charge in [0.25, 0.3) is 0 Å². The molecule has 92 valence electrons. The molecule has 0 unspecified atom stereocenters. The molecule has 0 bridgehead atoms. The molecule has 2 aromatic heterocycles. The fourth-order valence-corrected chi connectivity index (χ4v) is 3.56. The minimum absolute atomic E-state index is 0.0245. The van der Waals surface area contributed by atoms with E-state index in [4.69, 9.17) is 0 Å². The van der Waals surface area contributed by atoms with Crippen molar-refractivity contribution in [1.29, 1.82) is 0 Å². The van der Waals surface area contributed by atoms with Gasteiger partial charge < -0.3 is 0 Å². The third-order valence-corrected chi connectivity index (χ3v) is 4.96. The van der Waals surface area contributed by atoms with Crippen LogP contribution in [0.5, 0.6) is 0 Å². The number of halogens is 1. The summed E-state index contributed by atoms with van der Waals surface area (Å²) in [5.74, 6) is 0. The van der Waals surface area contributed by atoms with Crippen LogP contribution in [0, 0.1) is 0 Å². The first-order valence-electron chi connectivity index (χ1n) is 5.54. The second kappa shape index (κ2) is 4.40. The number of hydrogen-bond donors (Lipinski definition) is 0. The Bertz CT molecular complexity index is 769. The summed E-state index contributed by atoms with van der Waals surface area (Å²) in [4.78, 5) is 13.4. The SMILES string of the molecule is Cn1c(=O)n(Cc2sccc2Br)c2ccccc21. The molecule has 1 aromatic carbocycles. The second-order valence-electron chi connectivity index (χ2n) is 4.11.